The third-order valence-electron chi connectivity index (χ3n) is 2.91. The lowest BCUT2D eigenvalue weighted by molar-refractivity contribution is 0.409. The number of hydrogen-bond donors (Lipinski definition) is 0. The Morgan fingerprint density at radius 3 is 2.53 bits per heavy atom. The van der Waals surface area contributed by atoms with Gasteiger partial charge in [0, 0.05) is 11.1 Å². The molecule has 0 amide bonds. The van der Waals surface area contributed by atoms with Gasteiger partial charge in [-0.15, -0.1) is 11.6 Å². The zero-order chi connectivity index (χ0) is 14.0. The highest BCUT2D eigenvalue weighted by Crippen LogP contribution is 2.37. The number of hydrogen-bond acceptors (Lipinski definition) is 1. The molecule has 0 fully saturated rings. The van der Waals surface area contributed by atoms with Crippen LogP contribution in [0.1, 0.15) is 22.1 Å². The van der Waals surface area contributed by atoms with Crippen LogP contribution in [-0.2, 0) is 0 Å². The van der Waals surface area contributed by atoms with E-state index in [1.165, 1.54) is 19.2 Å². The van der Waals surface area contributed by atoms with E-state index in [-0.39, 0.29) is 5.56 Å². The van der Waals surface area contributed by atoms with Crippen LogP contribution in [0.2, 0.25) is 0 Å². The molecule has 0 heterocycles. The van der Waals surface area contributed by atoms with E-state index in [1.54, 1.807) is 12.1 Å². The SMILES string of the molecule is COc1ccc(C)cc1C(Cl)c1cccc(F)c1F. The number of methoxy groups -OCH3 is 1. The standard InChI is InChI=1S/C15H13ClF2O/c1-9-6-7-13(19-2)11(8-9)14(16)10-4-3-5-12(17)15(10)18/h3-8,14H,1-2H3. The van der Waals surface area contributed by atoms with Crippen molar-refractivity contribution in [3.8, 4) is 5.75 Å². The minimum Gasteiger partial charge on any atom is -0.496 e. The predicted octanol–water partition coefficient (Wildman–Crippen LogP) is 4.61. The van der Waals surface area contributed by atoms with E-state index in [4.69, 9.17) is 16.3 Å². The van der Waals surface area contributed by atoms with Crippen molar-refractivity contribution in [2.45, 2.75) is 12.3 Å². The number of benzene rings is 2. The largest absolute Gasteiger partial charge is 0.496 e. The quantitative estimate of drug-likeness (QED) is 0.747. The molecule has 0 aliphatic rings. The van der Waals surface area contributed by atoms with E-state index < -0.39 is 17.0 Å². The van der Waals surface area contributed by atoms with E-state index in [9.17, 15) is 8.78 Å². The second-order valence-corrected chi connectivity index (χ2v) is 4.69. The summed E-state index contributed by atoms with van der Waals surface area (Å²) in [7, 11) is 1.51. The first-order chi connectivity index (χ1) is 9.04. The summed E-state index contributed by atoms with van der Waals surface area (Å²) in [6.45, 7) is 1.90. The molecule has 100 valence electrons. The number of aryl methyl sites for hydroxylation is 1. The van der Waals surface area contributed by atoms with Crippen LogP contribution in [0.25, 0.3) is 0 Å². The van der Waals surface area contributed by atoms with Gasteiger partial charge in [-0.25, -0.2) is 8.78 Å². The Hall–Kier alpha value is -1.61. The highest BCUT2D eigenvalue weighted by molar-refractivity contribution is 6.22. The van der Waals surface area contributed by atoms with Crippen LogP contribution in [0.5, 0.6) is 5.75 Å². The Balaban J connectivity index is 2.52. The molecule has 2 aromatic rings. The molecule has 0 spiro atoms. The number of rotatable bonds is 3. The maximum absolute atomic E-state index is 13.8. The van der Waals surface area contributed by atoms with Gasteiger partial charge in [-0.05, 0) is 19.1 Å². The summed E-state index contributed by atoms with van der Waals surface area (Å²) in [5.74, 6) is -1.28. The first-order valence-corrected chi connectivity index (χ1v) is 6.20. The van der Waals surface area contributed by atoms with Gasteiger partial charge < -0.3 is 4.74 Å². The molecule has 0 saturated carbocycles. The molecule has 0 aliphatic carbocycles. The summed E-state index contributed by atoms with van der Waals surface area (Å²) in [5, 5.41) is -0.800. The van der Waals surface area contributed by atoms with Gasteiger partial charge in [-0.3, -0.25) is 0 Å². The number of ether oxygens (including phenoxy) is 1. The van der Waals surface area contributed by atoms with Crippen molar-refractivity contribution in [2.24, 2.45) is 0 Å². The average molecular weight is 283 g/mol. The Bertz CT molecular complexity index is 599. The van der Waals surface area contributed by atoms with Gasteiger partial charge in [0.15, 0.2) is 11.6 Å². The van der Waals surface area contributed by atoms with Gasteiger partial charge >= 0.3 is 0 Å². The molecule has 2 aromatic carbocycles. The topological polar surface area (TPSA) is 9.23 Å². The highest BCUT2D eigenvalue weighted by atomic mass is 35.5. The van der Waals surface area contributed by atoms with Gasteiger partial charge in [0.05, 0.1) is 12.5 Å². The van der Waals surface area contributed by atoms with Crippen molar-refractivity contribution in [3.05, 3.63) is 64.7 Å². The average Bonchev–Trinajstić information content (AvgIpc) is 2.41. The van der Waals surface area contributed by atoms with E-state index in [0.29, 0.717) is 11.3 Å². The zero-order valence-corrected chi connectivity index (χ0v) is 11.3. The molecular weight excluding hydrogens is 270 g/mol. The third kappa shape index (κ3) is 2.71. The lowest BCUT2D eigenvalue weighted by Gasteiger charge is -2.16. The van der Waals surface area contributed by atoms with Crippen LogP contribution in [0.4, 0.5) is 8.78 Å². The lowest BCUT2D eigenvalue weighted by Crippen LogP contribution is -2.02. The summed E-state index contributed by atoms with van der Waals surface area (Å²) >= 11 is 6.28. The van der Waals surface area contributed by atoms with E-state index in [0.717, 1.165) is 11.6 Å². The minimum absolute atomic E-state index is 0.102. The molecule has 2 rings (SSSR count). The molecule has 0 aliphatic heterocycles. The van der Waals surface area contributed by atoms with Crippen LogP contribution in [0, 0.1) is 18.6 Å². The van der Waals surface area contributed by atoms with Gasteiger partial charge in [-0.2, -0.15) is 0 Å². The van der Waals surface area contributed by atoms with Gasteiger partial charge in [0.1, 0.15) is 5.75 Å². The summed E-state index contributed by atoms with van der Waals surface area (Å²) in [6.07, 6.45) is 0. The molecule has 1 nitrogen and oxygen atoms in total. The maximum Gasteiger partial charge on any atom is 0.163 e. The Labute approximate surface area is 115 Å². The van der Waals surface area contributed by atoms with Crippen LogP contribution >= 0.6 is 11.6 Å². The summed E-state index contributed by atoms with van der Waals surface area (Å²) in [4.78, 5) is 0. The van der Waals surface area contributed by atoms with Crippen LogP contribution < -0.4 is 4.74 Å². The van der Waals surface area contributed by atoms with Gasteiger partial charge in [-0.1, -0.05) is 29.8 Å². The predicted molar refractivity (Wildman–Crippen MR) is 71.8 cm³/mol. The molecule has 19 heavy (non-hydrogen) atoms. The van der Waals surface area contributed by atoms with Crippen LogP contribution in [-0.4, -0.2) is 7.11 Å². The van der Waals surface area contributed by atoms with E-state index in [2.05, 4.69) is 0 Å². The summed E-state index contributed by atoms with van der Waals surface area (Å²) in [6, 6.07) is 9.41. The highest BCUT2D eigenvalue weighted by Gasteiger charge is 2.21. The Morgan fingerprint density at radius 1 is 1.11 bits per heavy atom. The fourth-order valence-electron chi connectivity index (χ4n) is 1.94. The third-order valence-corrected chi connectivity index (χ3v) is 3.38. The molecule has 1 atom stereocenters. The Morgan fingerprint density at radius 2 is 1.84 bits per heavy atom. The number of halogens is 3. The molecule has 0 saturated heterocycles. The van der Waals surface area contributed by atoms with Crippen molar-refractivity contribution in [3.63, 3.8) is 0 Å². The monoisotopic (exact) mass is 282 g/mol. The molecule has 0 aromatic heterocycles. The van der Waals surface area contributed by atoms with E-state index in [1.807, 2.05) is 13.0 Å². The lowest BCUT2D eigenvalue weighted by atomic mass is 10.0. The van der Waals surface area contributed by atoms with Gasteiger partial charge in [0.25, 0.3) is 0 Å². The minimum atomic E-state index is -0.925. The van der Waals surface area contributed by atoms with Gasteiger partial charge in [0.2, 0.25) is 0 Å². The first-order valence-electron chi connectivity index (χ1n) is 5.77. The van der Waals surface area contributed by atoms with Crippen molar-refractivity contribution >= 4 is 11.6 Å². The fraction of sp³-hybridized carbons (Fsp3) is 0.200. The second kappa shape index (κ2) is 5.57. The number of alkyl halides is 1. The summed E-state index contributed by atoms with van der Waals surface area (Å²) < 4.78 is 32.2. The van der Waals surface area contributed by atoms with E-state index >= 15 is 0 Å². The summed E-state index contributed by atoms with van der Waals surface area (Å²) in [5.41, 5.74) is 1.69. The van der Waals surface area contributed by atoms with Crippen molar-refractivity contribution < 1.29 is 13.5 Å². The van der Waals surface area contributed by atoms with Crippen LogP contribution in [0.3, 0.4) is 0 Å². The normalized spacial score (nSPS) is 12.3. The molecule has 1 unspecified atom stereocenters. The van der Waals surface area contributed by atoms with Crippen molar-refractivity contribution in [2.75, 3.05) is 7.11 Å². The van der Waals surface area contributed by atoms with Crippen molar-refractivity contribution in [1.29, 1.82) is 0 Å². The molecular formula is C15H13ClF2O. The Kier molecular flexibility index (Phi) is 4.05. The smallest absolute Gasteiger partial charge is 0.163 e. The molecule has 0 bridgehead atoms. The zero-order valence-electron chi connectivity index (χ0n) is 10.6. The second-order valence-electron chi connectivity index (χ2n) is 4.25. The molecule has 0 radical (unpaired) electrons. The maximum atomic E-state index is 13.8. The fourth-order valence-corrected chi connectivity index (χ4v) is 2.27. The van der Waals surface area contributed by atoms with Crippen LogP contribution in [0.15, 0.2) is 36.4 Å². The van der Waals surface area contributed by atoms with Crippen molar-refractivity contribution in [1.82, 2.24) is 0 Å². The first kappa shape index (κ1) is 13.8. The molecule has 0 N–H and O–H groups in total. The molecule has 4 heteroatoms.